The SMILES string of the molecule is Cc1[nH]n2c(=O)c(C(=O)O)cnc2c1-c1ccccc1F. The number of hydrogen-bond donors (Lipinski definition) is 2. The van der Waals surface area contributed by atoms with Crippen molar-refractivity contribution in [2.45, 2.75) is 6.92 Å². The molecule has 2 N–H and O–H groups in total. The van der Waals surface area contributed by atoms with Gasteiger partial charge in [0.15, 0.2) is 5.65 Å². The maximum atomic E-state index is 13.9. The fourth-order valence-electron chi connectivity index (χ4n) is 2.26. The summed E-state index contributed by atoms with van der Waals surface area (Å²) in [5, 5.41) is 11.7. The first-order valence-electron chi connectivity index (χ1n) is 6.09. The van der Waals surface area contributed by atoms with E-state index in [2.05, 4.69) is 10.1 Å². The highest BCUT2D eigenvalue weighted by Crippen LogP contribution is 2.28. The maximum Gasteiger partial charge on any atom is 0.343 e. The molecule has 0 spiro atoms. The number of nitrogens with one attached hydrogen (secondary N) is 1. The molecule has 106 valence electrons. The second-order valence-electron chi connectivity index (χ2n) is 4.53. The van der Waals surface area contributed by atoms with Crippen LogP contribution >= 0.6 is 0 Å². The Labute approximate surface area is 117 Å². The van der Waals surface area contributed by atoms with E-state index in [0.717, 1.165) is 10.7 Å². The number of aromatic amines is 1. The van der Waals surface area contributed by atoms with E-state index < -0.39 is 22.9 Å². The van der Waals surface area contributed by atoms with Crippen molar-refractivity contribution in [1.82, 2.24) is 14.6 Å². The molecule has 3 aromatic rings. The molecule has 2 aromatic heterocycles. The number of carbonyl (C=O) groups is 1. The summed E-state index contributed by atoms with van der Waals surface area (Å²) in [5.41, 5.74) is 0.248. The van der Waals surface area contributed by atoms with Gasteiger partial charge in [0.05, 0.1) is 0 Å². The first-order valence-corrected chi connectivity index (χ1v) is 6.09. The zero-order valence-corrected chi connectivity index (χ0v) is 10.9. The highest BCUT2D eigenvalue weighted by molar-refractivity contribution is 5.88. The number of carboxylic acids is 1. The van der Waals surface area contributed by atoms with Crippen LogP contribution in [0, 0.1) is 12.7 Å². The van der Waals surface area contributed by atoms with Gasteiger partial charge in [0.2, 0.25) is 0 Å². The maximum absolute atomic E-state index is 13.9. The minimum absolute atomic E-state index is 0.188. The van der Waals surface area contributed by atoms with Gasteiger partial charge in [-0.2, -0.15) is 0 Å². The van der Waals surface area contributed by atoms with E-state index in [1.165, 1.54) is 6.07 Å². The Morgan fingerprint density at radius 2 is 2.10 bits per heavy atom. The van der Waals surface area contributed by atoms with E-state index in [1.54, 1.807) is 25.1 Å². The molecule has 0 amide bonds. The van der Waals surface area contributed by atoms with E-state index in [1.807, 2.05) is 0 Å². The van der Waals surface area contributed by atoms with Gasteiger partial charge >= 0.3 is 5.97 Å². The lowest BCUT2D eigenvalue weighted by molar-refractivity contribution is 0.0694. The van der Waals surface area contributed by atoms with Crippen LogP contribution in [-0.4, -0.2) is 25.7 Å². The van der Waals surface area contributed by atoms with Crippen molar-refractivity contribution in [3.05, 3.63) is 57.9 Å². The molecule has 0 aliphatic carbocycles. The summed E-state index contributed by atoms with van der Waals surface area (Å²) >= 11 is 0. The molecule has 0 unspecified atom stereocenters. The molecule has 2 heterocycles. The Morgan fingerprint density at radius 3 is 2.76 bits per heavy atom. The van der Waals surface area contributed by atoms with Gasteiger partial charge in [0.1, 0.15) is 11.4 Å². The van der Waals surface area contributed by atoms with E-state index in [-0.39, 0.29) is 5.65 Å². The molecule has 0 atom stereocenters. The number of halogens is 1. The summed E-state index contributed by atoms with van der Waals surface area (Å²) < 4.78 is 15.0. The van der Waals surface area contributed by atoms with Crippen molar-refractivity contribution in [3.8, 4) is 11.1 Å². The van der Waals surface area contributed by atoms with Crippen LogP contribution in [-0.2, 0) is 0 Å². The molecule has 3 rings (SSSR count). The molecule has 7 heteroatoms. The van der Waals surface area contributed by atoms with Crippen LogP contribution in [0.15, 0.2) is 35.3 Å². The van der Waals surface area contributed by atoms with Gasteiger partial charge in [0.25, 0.3) is 5.56 Å². The van der Waals surface area contributed by atoms with Crippen molar-refractivity contribution >= 4 is 11.6 Å². The number of nitrogens with zero attached hydrogens (tertiary/aromatic N) is 2. The van der Waals surface area contributed by atoms with Crippen molar-refractivity contribution in [1.29, 1.82) is 0 Å². The van der Waals surface area contributed by atoms with Gasteiger partial charge in [-0.15, -0.1) is 0 Å². The number of H-pyrrole nitrogens is 1. The zero-order chi connectivity index (χ0) is 15.1. The number of aromatic carboxylic acids is 1. The molecule has 0 aliphatic rings. The van der Waals surface area contributed by atoms with Crippen molar-refractivity contribution in [3.63, 3.8) is 0 Å². The Kier molecular flexibility index (Phi) is 2.83. The Balaban J connectivity index is 2.39. The topological polar surface area (TPSA) is 87.5 Å². The number of benzene rings is 1. The first-order chi connectivity index (χ1) is 10.0. The Morgan fingerprint density at radius 1 is 1.38 bits per heavy atom. The molecule has 0 radical (unpaired) electrons. The van der Waals surface area contributed by atoms with E-state index >= 15 is 0 Å². The zero-order valence-electron chi connectivity index (χ0n) is 10.9. The Bertz CT molecular complexity index is 927. The molecule has 0 saturated heterocycles. The number of hydrogen-bond acceptors (Lipinski definition) is 3. The fourth-order valence-corrected chi connectivity index (χ4v) is 2.26. The lowest BCUT2D eigenvalue weighted by Crippen LogP contribution is -2.23. The quantitative estimate of drug-likeness (QED) is 0.752. The summed E-state index contributed by atoms with van der Waals surface area (Å²) in [5.74, 6) is -1.81. The third kappa shape index (κ3) is 1.90. The lowest BCUT2D eigenvalue weighted by Gasteiger charge is -2.02. The first kappa shape index (κ1) is 13.0. The lowest BCUT2D eigenvalue weighted by atomic mass is 10.1. The second-order valence-corrected chi connectivity index (χ2v) is 4.53. The predicted octanol–water partition coefficient (Wildman–Crippen LogP) is 1.84. The largest absolute Gasteiger partial charge is 0.477 e. The summed E-state index contributed by atoms with van der Waals surface area (Å²) in [6.45, 7) is 1.66. The van der Waals surface area contributed by atoms with Gasteiger partial charge in [-0.05, 0) is 13.0 Å². The number of aromatic nitrogens is 3. The van der Waals surface area contributed by atoms with Crippen LogP contribution in [0.25, 0.3) is 16.8 Å². The fraction of sp³-hybridized carbons (Fsp3) is 0.0714. The molecule has 21 heavy (non-hydrogen) atoms. The third-order valence-electron chi connectivity index (χ3n) is 3.21. The van der Waals surface area contributed by atoms with Crippen LogP contribution in [0.1, 0.15) is 16.1 Å². The van der Waals surface area contributed by atoms with Gasteiger partial charge in [-0.25, -0.2) is 18.7 Å². The Hall–Kier alpha value is -2.96. The summed E-state index contributed by atoms with van der Waals surface area (Å²) in [7, 11) is 0. The summed E-state index contributed by atoms with van der Waals surface area (Å²) in [6, 6.07) is 6.11. The van der Waals surface area contributed by atoms with Gasteiger partial charge < -0.3 is 5.11 Å². The molecule has 1 aromatic carbocycles. The number of carboxylic acid groups (broad SMARTS) is 1. The highest BCUT2D eigenvalue weighted by atomic mass is 19.1. The van der Waals surface area contributed by atoms with Crippen LogP contribution in [0.5, 0.6) is 0 Å². The van der Waals surface area contributed by atoms with Crippen LogP contribution in [0.4, 0.5) is 4.39 Å². The minimum atomic E-state index is -1.36. The average molecular weight is 287 g/mol. The third-order valence-corrected chi connectivity index (χ3v) is 3.21. The van der Waals surface area contributed by atoms with Crippen LogP contribution in [0.2, 0.25) is 0 Å². The number of aryl methyl sites for hydroxylation is 1. The van der Waals surface area contributed by atoms with Gasteiger partial charge in [-0.3, -0.25) is 9.89 Å². The standard InChI is InChI=1S/C14H10FN3O3/c1-7-11(8-4-2-3-5-10(8)15)12-16-6-9(14(20)21)13(19)18(12)17-7/h2-6,17H,1H3,(H,20,21). The van der Waals surface area contributed by atoms with Crippen molar-refractivity contribution < 1.29 is 14.3 Å². The van der Waals surface area contributed by atoms with E-state index in [4.69, 9.17) is 5.11 Å². The molecule has 0 saturated carbocycles. The number of fused-ring (bicyclic) bond motifs is 1. The van der Waals surface area contributed by atoms with Crippen LogP contribution in [0.3, 0.4) is 0 Å². The second kappa shape index (κ2) is 4.55. The molecule has 0 aliphatic heterocycles. The van der Waals surface area contributed by atoms with Crippen molar-refractivity contribution in [2.75, 3.05) is 0 Å². The monoisotopic (exact) mass is 287 g/mol. The van der Waals surface area contributed by atoms with Gasteiger partial charge in [-0.1, -0.05) is 18.2 Å². The predicted molar refractivity (Wildman–Crippen MR) is 72.9 cm³/mol. The van der Waals surface area contributed by atoms with Crippen molar-refractivity contribution in [2.24, 2.45) is 0 Å². The normalized spacial score (nSPS) is 11.0. The molecular formula is C14H10FN3O3. The number of rotatable bonds is 2. The van der Waals surface area contributed by atoms with Crippen LogP contribution < -0.4 is 5.56 Å². The van der Waals surface area contributed by atoms with E-state index in [0.29, 0.717) is 16.8 Å². The highest BCUT2D eigenvalue weighted by Gasteiger charge is 2.19. The summed E-state index contributed by atoms with van der Waals surface area (Å²) in [4.78, 5) is 27.0. The summed E-state index contributed by atoms with van der Waals surface area (Å²) in [6.07, 6.45) is 0.984. The smallest absolute Gasteiger partial charge is 0.343 e. The average Bonchev–Trinajstić information content (AvgIpc) is 2.77. The molecule has 6 nitrogen and oxygen atoms in total. The molecular weight excluding hydrogens is 277 g/mol. The minimum Gasteiger partial charge on any atom is -0.477 e. The van der Waals surface area contributed by atoms with E-state index in [9.17, 15) is 14.0 Å². The molecule has 0 bridgehead atoms. The molecule has 0 fully saturated rings. The van der Waals surface area contributed by atoms with Gasteiger partial charge in [0, 0.05) is 23.0 Å².